The molecule has 40 heavy (non-hydrogen) atoms. The smallest absolute Gasteiger partial charge is 0.410 e. The molecule has 212 valence electrons. The van der Waals surface area contributed by atoms with Crippen LogP contribution in [0, 0.1) is 5.92 Å². The minimum atomic E-state index is -0.636. The lowest BCUT2D eigenvalue weighted by Crippen LogP contribution is -2.54. The number of nitrogens with one attached hydrogen (secondary N) is 1. The number of piperidine rings is 1. The van der Waals surface area contributed by atoms with Gasteiger partial charge >= 0.3 is 6.09 Å². The van der Waals surface area contributed by atoms with E-state index in [1.54, 1.807) is 24.3 Å². The highest BCUT2D eigenvalue weighted by Crippen LogP contribution is 2.47. The second-order valence-corrected chi connectivity index (χ2v) is 12.5. The van der Waals surface area contributed by atoms with E-state index in [0.29, 0.717) is 24.5 Å². The molecule has 1 saturated heterocycles. The third kappa shape index (κ3) is 6.39. The molecule has 11 heteroatoms. The summed E-state index contributed by atoms with van der Waals surface area (Å²) in [7, 11) is 0. The molecule has 5 rings (SSSR count). The number of fused-ring (bicyclic) bond motifs is 2. The maximum Gasteiger partial charge on any atom is 0.410 e. The van der Waals surface area contributed by atoms with Crippen LogP contribution in [0.2, 0.25) is 5.02 Å². The van der Waals surface area contributed by atoms with Crippen molar-refractivity contribution in [1.29, 1.82) is 0 Å². The molecule has 1 unspecified atom stereocenters. The number of hydrogen-bond acceptors (Lipinski definition) is 5. The number of carbonyl (C=O) groups excluding carboxylic acids is 2. The largest absolute Gasteiger partial charge is 0.450 e. The number of benzene rings is 1. The first-order valence-corrected chi connectivity index (χ1v) is 15.6. The lowest BCUT2D eigenvalue weighted by atomic mass is 9.74. The van der Waals surface area contributed by atoms with Crippen LogP contribution in [0.4, 0.5) is 4.79 Å². The van der Waals surface area contributed by atoms with E-state index < -0.39 is 12.1 Å². The highest BCUT2D eigenvalue weighted by atomic mass is 79.9. The van der Waals surface area contributed by atoms with Gasteiger partial charge < -0.3 is 14.6 Å². The molecule has 1 aliphatic carbocycles. The number of amides is 2. The number of rotatable bonds is 7. The Hall–Kier alpha value is -2.43. The molecule has 3 atom stereocenters. The number of ether oxygens (including phenoxy) is 1. The topological polar surface area (TPSA) is 89.4 Å². The molecule has 3 heterocycles. The van der Waals surface area contributed by atoms with E-state index in [1.165, 1.54) is 16.7 Å². The number of aryl methyl sites for hydroxylation is 3. The van der Waals surface area contributed by atoms with Gasteiger partial charge in [0.15, 0.2) is 0 Å². The highest BCUT2D eigenvalue weighted by Gasteiger charge is 2.42. The van der Waals surface area contributed by atoms with Crippen molar-refractivity contribution in [2.45, 2.75) is 57.5 Å². The van der Waals surface area contributed by atoms with Gasteiger partial charge in [-0.15, -0.1) is 0 Å². The molecule has 2 aliphatic rings. The van der Waals surface area contributed by atoms with E-state index in [4.69, 9.17) is 21.3 Å². The molecular formula is C29H32Br2ClN5O3. The van der Waals surface area contributed by atoms with Crippen LogP contribution in [0.15, 0.2) is 52.1 Å². The first kappa shape index (κ1) is 29.1. The number of pyridine rings is 1. The van der Waals surface area contributed by atoms with Crippen molar-refractivity contribution in [3.63, 3.8) is 0 Å². The van der Waals surface area contributed by atoms with Crippen LogP contribution in [0.3, 0.4) is 0 Å². The van der Waals surface area contributed by atoms with Crippen LogP contribution in [-0.2, 0) is 28.9 Å². The number of aromatic nitrogens is 3. The number of halogens is 3. The van der Waals surface area contributed by atoms with Gasteiger partial charge in [0, 0.05) is 58.1 Å². The summed E-state index contributed by atoms with van der Waals surface area (Å²) in [5.41, 5.74) is 4.57. The maximum atomic E-state index is 13.6. The predicted octanol–water partition coefficient (Wildman–Crippen LogP) is 6.13. The van der Waals surface area contributed by atoms with Gasteiger partial charge in [-0.3, -0.25) is 14.7 Å². The van der Waals surface area contributed by atoms with Gasteiger partial charge in [0.25, 0.3) is 0 Å². The van der Waals surface area contributed by atoms with E-state index >= 15 is 0 Å². The number of likely N-dealkylation sites (tertiary alicyclic amines) is 1. The molecule has 3 aromatic rings. The van der Waals surface area contributed by atoms with Crippen LogP contribution in [0.1, 0.15) is 54.5 Å². The molecule has 0 spiro atoms. The van der Waals surface area contributed by atoms with Crippen molar-refractivity contribution < 1.29 is 14.3 Å². The Morgan fingerprint density at radius 2 is 2.02 bits per heavy atom. The Kier molecular flexibility index (Phi) is 9.48. The third-order valence-corrected chi connectivity index (χ3v) is 9.10. The molecule has 1 fully saturated rings. The molecule has 8 nitrogen and oxygen atoms in total. The molecule has 1 aliphatic heterocycles. The van der Waals surface area contributed by atoms with Crippen molar-refractivity contribution in [2.75, 3.05) is 19.7 Å². The van der Waals surface area contributed by atoms with E-state index in [1.807, 2.05) is 29.1 Å². The summed E-state index contributed by atoms with van der Waals surface area (Å²) >= 11 is 13.9. The average molecular weight is 694 g/mol. The van der Waals surface area contributed by atoms with Gasteiger partial charge in [-0.1, -0.05) is 27.5 Å². The Bertz CT molecular complexity index is 1370. The molecule has 2 amide bonds. The predicted molar refractivity (Wildman–Crippen MR) is 160 cm³/mol. The van der Waals surface area contributed by atoms with E-state index in [0.717, 1.165) is 46.9 Å². The number of nitrogens with zero attached hydrogens (tertiary/aromatic N) is 4. The number of hydrogen-bond donors (Lipinski definition) is 1. The Balaban J connectivity index is 1.44. The minimum Gasteiger partial charge on any atom is -0.450 e. The zero-order chi connectivity index (χ0) is 28.2. The zero-order valence-electron chi connectivity index (χ0n) is 22.3. The normalized spacial score (nSPS) is 20.3. The highest BCUT2D eigenvalue weighted by molar-refractivity contribution is 9.10. The van der Waals surface area contributed by atoms with E-state index in [2.05, 4.69) is 48.2 Å². The Labute approximate surface area is 256 Å². The SMILES string of the molecule is CCOC(=O)N1CC[C@@H]([C@H]2c3ncc(Br)cc3CCc3cc(Cl)cc(Br)c32)CC1C(=O)NCCCn1ccnc1. The first-order valence-electron chi connectivity index (χ1n) is 13.6. The van der Waals surface area contributed by atoms with Crippen molar-refractivity contribution in [1.82, 2.24) is 24.8 Å². The summed E-state index contributed by atoms with van der Waals surface area (Å²) in [6.45, 7) is 3.72. The number of carbonyl (C=O) groups is 2. The van der Waals surface area contributed by atoms with Crippen LogP contribution < -0.4 is 5.32 Å². The first-order chi connectivity index (χ1) is 19.4. The van der Waals surface area contributed by atoms with Crippen LogP contribution in [0.25, 0.3) is 0 Å². The summed E-state index contributed by atoms with van der Waals surface area (Å²) in [4.78, 5) is 37.1. The second kappa shape index (κ2) is 13.0. The monoisotopic (exact) mass is 691 g/mol. The van der Waals surface area contributed by atoms with E-state index in [9.17, 15) is 9.59 Å². The summed E-state index contributed by atoms with van der Waals surface area (Å²) in [6, 6.07) is 5.50. The molecule has 1 N–H and O–H groups in total. The Morgan fingerprint density at radius 1 is 1.20 bits per heavy atom. The van der Waals surface area contributed by atoms with Crippen molar-refractivity contribution in [3.05, 3.63) is 79.5 Å². The lowest BCUT2D eigenvalue weighted by Gasteiger charge is -2.41. The fourth-order valence-electron chi connectivity index (χ4n) is 6.01. The molecule has 0 bridgehead atoms. The standard InChI is InChI=1S/C29H32Br2ClN5O3/c1-2-40-29(39)37-10-6-19(14-24(37)28(38)34-7-3-9-36-11-8-33-17-36)26-25-18(13-22(32)15-23(25)31)4-5-20-12-21(30)16-35-27(20)26/h8,11-13,15-17,19,24,26H,2-7,9-10,14H2,1H3,(H,34,38)/t19-,24?,26-/m1/s1. The van der Waals surface area contributed by atoms with Crippen molar-refractivity contribution >= 4 is 55.5 Å². The van der Waals surface area contributed by atoms with Crippen molar-refractivity contribution in [3.8, 4) is 0 Å². The van der Waals surface area contributed by atoms with Gasteiger partial charge in [0.05, 0.1) is 18.6 Å². The molecule has 0 saturated carbocycles. The molecular weight excluding hydrogens is 662 g/mol. The summed E-state index contributed by atoms with van der Waals surface area (Å²) in [5.74, 6) is -0.126. The third-order valence-electron chi connectivity index (χ3n) is 7.79. The van der Waals surface area contributed by atoms with Gasteiger partial charge in [-0.2, -0.15) is 0 Å². The molecule has 0 radical (unpaired) electrons. The second-order valence-electron chi connectivity index (χ2n) is 10.3. The van der Waals surface area contributed by atoms with Gasteiger partial charge in [-0.05, 0) is 95.8 Å². The molecule has 1 aromatic carbocycles. The van der Waals surface area contributed by atoms with Crippen LogP contribution in [0.5, 0.6) is 0 Å². The average Bonchev–Trinajstić information content (AvgIpc) is 3.40. The maximum absolute atomic E-state index is 13.6. The fraction of sp³-hybridized carbons (Fsp3) is 0.448. The van der Waals surface area contributed by atoms with Crippen molar-refractivity contribution in [2.24, 2.45) is 5.92 Å². The van der Waals surface area contributed by atoms with Crippen LogP contribution in [-0.4, -0.2) is 57.2 Å². The fourth-order valence-corrected chi connectivity index (χ4v) is 7.51. The van der Waals surface area contributed by atoms with Crippen LogP contribution >= 0.6 is 43.5 Å². The summed E-state index contributed by atoms with van der Waals surface area (Å²) in [6.07, 6.45) is 10.5. The quantitative estimate of drug-likeness (QED) is 0.301. The lowest BCUT2D eigenvalue weighted by molar-refractivity contribution is -0.127. The Morgan fingerprint density at radius 3 is 2.80 bits per heavy atom. The minimum absolute atomic E-state index is 0.0480. The summed E-state index contributed by atoms with van der Waals surface area (Å²) < 4.78 is 9.22. The van der Waals surface area contributed by atoms with Gasteiger partial charge in [0.1, 0.15) is 6.04 Å². The number of imidazole rings is 1. The molecule has 2 aromatic heterocycles. The van der Waals surface area contributed by atoms with Gasteiger partial charge in [0.2, 0.25) is 5.91 Å². The van der Waals surface area contributed by atoms with E-state index in [-0.39, 0.29) is 24.3 Å². The summed E-state index contributed by atoms with van der Waals surface area (Å²) in [5, 5.41) is 3.76. The zero-order valence-corrected chi connectivity index (χ0v) is 26.2. The van der Waals surface area contributed by atoms with Gasteiger partial charge in [-0.25, -0.2) is 9.78 Å².